The Morgan fingerprint density at radius 1 is 1.33 bits per heavy atom. The van der Waals surface area contributed by atoms with Crippen molar-refractivity contribution in [1.82, 2.24) is 19.6 Å². The minimum Gasteiger partial charge on any atom is -0.481 e. The molecule has 21 heavy (non-hydrogen) atoms. The SMILES string of the molecule is Cc1cc(C(Cc2ccccc2)C(=O)O)n2ncnc2n1. The maximum Gasteiger partial charge on any atom is 0.312 e. The first kappa shape index (κ1) is 13.2. The lowest BCUT2D eigenvalue weighted by molar-refractivity contribution is -0.138. The van der Waals surface area contributed by atoms with Crippen LogP contribution in [0.2, 0.25) is 0 Å². The Bertz CT molecular complexity index is 783. The molecule has 1 aromatic carbocycles. The van der Waals surface area contributed by atoms with Gasteiger partial charge in [-0.25, -0.2) is 9.50 Å². The van der Waals surface area contributed by atoms with Gasteiger partial charge in [-0.3, -0.25) is 4.79 Å². The van der Waals surface area contributed by atoms with E-state index in [4.69, 9.17) is 0 Å². The van der Waals surface area contributed by atoms with Crippen molar-refractivity contribution in [2.75, 3.05) is 0 Å². The van der Waals surface area contributed by atoms with E-state index in [-0.39, 0.29) is 0 Å². The highest BCUT2D eigenvalue weighted by molar-refractivity contribution is 5.76. The molecule has 0 fully saturated rings. The van der Waals surface area contributed by atoms with Crippen molar-refractivity contribution < 1.29 is 9.90 Å². The van der Waals surface area contributed by atoms with Crippen LogP contribution in [0.1, 0.15) is 22.9 Å². The standard InChI is InChI=1S/C15H14N4O2/c1-10-7-13(19-15(18-10)16-9-17-19)12(14(20)21)8-11-5-3-2-4-6-11/h2-7,9,12H,8H2,1H3,(H,20,21). The van der Waals surface area contributed by atoms with E-state index in [0.29, 0.717) is 17.9 Å². The number of aromatic nitrogens is 4. The quantitative estimate of drug-likeness (QED) is 0.789. The van der Waals surface area contributed by atoms with E-state index in [0.717, 1.165) is 11.3 Å². The summed E-state index contributed by atoms with van der Waals surface area (Å²) in [6, 6.07) is 11.3. The monoisotopic (exact) mass is 282 g/mol. The van der Waals surface area contributed by atoms with Gasteiger partial charge < -0.3 is 5.11 Å². The maximum absolute atomic E-state index is 11.7. The average Bonchev–Trinajstić information content (AvgIpc) is 2.93. The number of aliphatic carboxylic acids is 1. The molecule has 0 aliphatic rings. The molecule has 106 valence electrons. The van der Waals surface area contributed by atoms with Gasteiger partial charge in [0.2, 0.25) is 0 Å². The molecule has 0 spiro atoms. The van der Waals surface area contributed by atoms with Gasteiger partial charge in [-0.1, -0.05) is 30.3 Å². The molecule has 0 aliphatic carbocycles. The second-order valence-corrected chi connectivity index (χ2v) is 4.87. The summed E-state index contributed by atoms with van der Waals surface area (Å²) in [4.78, 5) is 20.0. The molecule has 0 aliphatic heterocycles. The molecule has 0 bridgehead atoms. The third-order valence-corrected chi connectivity index (χ3v) is 3.35. The van der Waals surface area contributed by atoms with E-state index in [1.807, 2.05) is 37.3 Å². The van der Waals surface area contributed by atoms with Crippen LogP contribution >= 0.6 is 0 Å². The number of fused-ring (bicyclic) bond motifs is 1. The predicted molar refractivity (Wildman–Crippen MR) is 76.0 cm³/mol. The Balaban J connectivity index is 2.07. The van der Waals surface area contributed by atoms with E-state index in [1.54, 1.807) is 6.07 Å². The largest absolute Gasteiger partial charge is 0.481 e. The van der Waals surface area contributed by atoms with Crippen LogP contribution in [0.5, 0.6) is 0 Å². The third-order valence-electron chi connectivity index (χ3n) is 3.35. The van der Waals surface area contributed by atoms with Crippen molar-refractivity contribution in [3.8, 4) is 0 Å². The Morgan fingerprint density at radius 2 is 2.10 bits per heavy atom. The van der Waals surface area contributed by atoms with Gasteiger partial charge >= 0.3 is 5.97 Å². The average molecular weight is 282 g/mol. The topological polar surface area (TPSA) is 80.4 Å². The summed E-state index contributed by atoms with van der Waals surface area (Å²) in [6.45, 7) is 1.82. The molecule has 1 unspecified atom stereocenters. The van der Waals surface area contributed by atoms with Crippen LogP contribution < -0.4 is 0 Å². The lowest BCUT2D eigenvalue weighted by Crippen LogP contribution is -2.19. The summed E-state index contributed by atoms with van der Waals surface area (Å²) in [5.74, 6) is -1.16. The zero-order valence-electron chi connectivity index (χ0n) is 11.5. The van der Waals surface area contributed by atoms with E-state index >= 15 is 0 Å². The highest BCUT2D eigenvalue weighted by Crippen LogP contribution is 2.22. The van der Waals surface area contributed by atoms with Crippen LogP contribution in [0.3, 0.4) is 0 Å². The summed E-state index contributed by atoms with van der Waals surface area (Å²) in [5, 5.41) is 13.7. The predicted octanol–water partition coefficient (Wildman–Crippen LogP) is 1.84. The Hall–Kier alpha value is -2.76. The summed E-state index contributed by atoms with van der Waals surface area (Å²) in [7, 11) is 0. The molecule has 0 saturated heterocycles. The fourth-order valence-electron chi connectivity index (χ4n) is 2.38. The van der Waals surface area contributed by atoms with Crippen LogP contribution in [-0.2, 0) is 11.2 Å². The number of carbonyl (C=O) groups is 1. The molecular formula is C15H14N4O2. The first-order valence-electron chi connectivity index (χ1n) is 6.59. The van der Waals surface area contributed by atoms with Gasteiger partial charge in [0.25, 0.3) is 5.78 Å². The Labute approximate surface area is 121 Å². The smallest absolute Gasteiger partial charge is 0.312 e. The zero-order valence-corrected chi connectivity index (χ0v) is 11.5. The molecule has 3 rings (SSSR count). The number of nitrogens with zero attached hydrogens (tertiary/aromatic N) is 4. The van der Waals surface area contributed by atoms with E-state index in [1.165, 1.54) is 10.8 Å². The number of aryl methyl sites for hydroxylation is 1. The lowest BCUT2D eigenvalue weighted by atomic mass is 9.95. The molecule has 0 radical (unpaired) electrons. The summed E-state index contributed by atoms with van der Waals surface area (Å²) < 4.78 is 1.49. The number of benzene rings is 1. The number of carboxylic acid groups (broad SMARTS) is 1. The number of rotatable bonds is 4. The van der Waals surface area contributed by atoms with Crippen molar-refractivity contribution in [3.63, 3.8) is 0 Å². The summed E-state index contributed by atoms with van der Waals surface area (Å²) >= 11 is 0. The van der Waals surface area contributed by atoms with Crippen LogP contribution in [0.4, 0.5) is 0 Å². The van der Waals surface area contributed by atoms with Crippen LogP contribution in [0, 0.1) is 6.92 Å². The van der Waals surface area contributed by atoms with Gasteiger partial charge in [0.1, 0.15) is 12.2 Å². The minimum absolute atomic E-state index is 0.397. The summed E-state index contributed by atoms with van der Waals surface area (Å²) in [5.41, 5.74) is 2.28. The molecule has 6 nitrogen and oxygen atoms in total. The van der Waals surface area contributed by atoms with Crippen LogP contribution in [0.15, 0.2) is 42.7 Å². The second-order valence-electron chi connectivity index (χ2n) is 4.87. The van der Waals surface area contributed by atoms with Crippen molar-refractivity contribution in [2.45, 2.75) is 19.3 Å². The number of hydrogen-bond acceptors (Lipinski definition) is 4. The van der Waals surface area contributed by atoms with Crippen molar-refractivity contribution in [2.24, 2.45) is 0 Å². The highest BCUT2D eigenvalue weighted by Gasteiger charge is 2.24. The molecule has 2 heterocycles. The first-order chi connectivity index (χ1) is 10.1. The molecule has 0 amide bonds. The van der Waals surface area contributed by atoms with Gasteiger partial charge in [-0.05, 0) is 25.0 Å². The Morgan fingerprint density at radius 3 is 2.81 bits per heavy atom. The van der Waals surface area contributed by atoms with E-state index in [9.17, 15) is 9.90 Å². The van der Waals surface area contributed by atoms with Crippen molar-refractivity contribution in [3.05, 3.63) is 59.7 Å². The van der Waals surface area contributed by atoms with Gasteiger partial charge in [0.05, 0.1) is 5.69 Å². The molecule has 1 atom stereocenters. The van der Waals surface area contributed by atoms with Gasteiger partial charge in [0.15, 0.2) is 0 Å². The second kappa shape index (κ2) is 5.32. The molecule has 2 aromatic heterocycles. The van der Waals surface area contributed by atoms with Gasteiger partial charge in [-0.15, -0.1) is 0 Å². The van der Waals surface area contributed by atoms with E-state index in [2.05, 4.69) is 15.1 Å². The van der Waals surface area contributed by atoms with Gasteiger partial charge in [0, 0.05) is 5.69 Å². The Kier molecular flexibility index (Phi) is 3.35. The molecule has 3 aromatic rings. The van der Waals surface area contributed by atoms with Gasteiger partial charge in [-0.2, -0.15) is 10.1 Å². The first-order valence-corrected chi connectivity index (χ1v) is 6.59. The van der Waals surface area contributed by atoms with Crippen molar-refractivity contribution in [1.29, 1.82) is 0 Å². The summed E-state index contributed by atoms with van der Waals surface area (Å²) in [6.07, 6.45) is 1.78. The number of carboxylic acids is 1. The van der Waals surface area contributed by atoms with Crippen molar-refractivity contribution >= 4 is 11.7 Å². The fraction of sp³-hybridized carbons (Fsp3) is 0.200. The highest BCUT2D eigenvalue weighted by atomic mass is 16.4. The van der Waals surface area contributed by atoms with Crippen LogP contribution in [0.25, 0.3) is 5.78 Å². The van der Waals surface area contributed by atoms with Crippen LogP contribution in [-0.4, -0.2) is 30.7 Å². The third kappa shape index (κ3) is 2.60. The fourth-order valence-corrected chi connectivity index (χ4v) is 2.38. The lowest BCUT2D eigenvalue weighted by Gasteiger charge is -2.14. The number of hydrogen-bond donors (Lipinski definition) is 1. The van der Waals surface area contributed by atoms with E-state index < -0.39 is 11.9 Å². The minimum atomic E-state index is -0.888. The maximum atomic E-state index is 11.7. The molecule has 6 heteroatoms. The zero-order chi connectivity index (χ0) is 14.8. The normalized spacial score (nSPS) is 12.4. The molecule has 0 saturated carbocycles. The molecule has 1 N–H and O–H groups in total. The molecular weight excluding hydrogens is 268 g/mol.